The van der Waals surface area contributed by atoms with Crippen molar-refractivity contribution in [2.45, 2.75) is 12.6 Å². The molecule has 28 heavy (non-hydrogen) atoms. The van der Waals surface area contributed by atoms with Gasteiger partial charge in [0.25, 0.3) is 0 Å². The van der Waals surface area contributed by atoms with Crippen LogP contribution in [0, 0.1) is 5.82 Å². The smallest absolute Gasteiger partial charge is 0.246 e. The number of methoxy groups -OCH3 is 1. The fourth-order valence-electron chi connectivity index (χ4n) is 3.14. The maximum atomic E-state index is 13.1. The minimum absolute atomic E-state index is 0.178. The van der Waals surface area contributed by atoms with Crippen molar-refractivity contribution in [1.82, 2.24) is 4.90 Å². The summed E-state index contributed by atoms with van der Waals surface area (Å²) in [6.07, 6.45) is 0. The van der Waals surface area contributed by atoms with Crippen molar-refractivity contribution >= 4 is 11.6 Å². The molecule has 0 aromatic heterocycles. The van der Waals surface area contributed by atoms with Gasteiger partial charge >= 0.3 is 0 Å². The third-order valence-corrected chi connectivity index (χ3v) is 4.48. The number of ether oxygens (including phenoxy) is 1. The molecule has 3 rings (SSSR count). The first kappa shape index (κ1) is 19.6. The van der Waals surface area contributed by atoms with Gasteiger partial charge in [-0.25, -0.2) is 4.39 Å². The van der Waals surface area contributed by atoms with Crippen molar-refractivity contribution in [3.8, 4) is 5.75 Å². The summed E-state index contributed by atoms with van der Waals surface area (Å²) in [5, 5.41) is 2.88. The van der Waals surface area contributed by atoms with E-state index in [0.29, 0.717) is 12.2 Å². The summed E-state index contributed by atoms with van der Waals surface area (Å²) in [4.78, 5) is 15.1. The number of hydrogen-bond donors (Lipinski definition) is 1. The number of carbonyl (C=O) groups excluding carboxylic acids is 1. The Kier molecular flexibility index (Phi) is 6.40. The lowest BCUT2D eigenvalue weighted by molar-refractivity contribution is -0.121. The van der Waals surface area contributed by atoms with Crippen LogP contribution in [0.3, 0.4) is 0 Å². The number of nitrogens with one attached hydrogen (secondary N) is 1. The largest absolute Gasteiger partial charge is 0.497 e. The minimum atomic E-state index is -0.502. The van der Waals surface area contributed by atoms with E-state index < -0.39 is 6.04 Å². The molecule has 0 unspecified atom stereocenters. The summed E-state index contributed by atoms with van der Waals surface area (Å²) in [6, 6.07) is 22.6. The normalized spacial score (nSPS) is 11.9. The summed E-state index contributed by atoms with van der Waals surface area (Å²) in [7, 11) is 3.53. The van der Waals surface area contributed by atoms with Crippen LogP contribution < -0.4 is 10.1 Å². The Morgan fingerprint density at radius 3 is 2.43 bits per heavy atom. The van der Waals surface area contributed by atoms with Crippen LogP contribution in [0.25, 0.3) is 0 Å². The van der Waals surface area contributed by atoms with Gasteiger partial charge in [0.1, 0.15) is 17.6 Å². The van der Waals surface area contributed by atoms with Gasteiger partial charge in [-0.05, 0) is 54.6 Å². The predicted octanol–water partition coefficient (Wildman–Crippen LogP) is 4.65. The number of nitrogens with zero attached hydrogens (tertiary/aromatic N) is 1. The van der Waals surface area contributed by atoms with E-state index in [4.69, 9.17) is 4.74 Å². The molecule has 0 radical (unpaired) electrons. The quantitative estimate of drug-likeness (QED) is 0.651. The van der Waals surface area contributed by atoms with Crippen molar-refractivity contribution in [1.29, 1.82) is 0 Å². The molecule has 5 heteroatoms. The van der Waals surface area contributed by atoms with Gasteiger partial charge in [0.2, 0.25) is 5.91 Å². The molecular formula is C23H23FN2O2. The Bertz CT molecular complexity index is 913. The average molecular weight is 378 g/mol. The van der Waals surface area contributed by atoms with Crippen LogP contribution in [-0.2, 0) is 11.3 Å². The zero-order valence-corrected chi connectivity index (χ0v) is 15.9. The van der Waals surface area contributed by atoms with E-state index in [1.54, 1.807) is 19.2 Å². The molecule has 0 fully saturated rings. The molecule has 0 saturated heterocycles. The molecule has 1 atom stereocenters. The highest BCUT2D eigenvalue weighted by molar-refractivity contribution is 5.95. The maximum absolute atomic E-state index is 13.1. The van der Waals surface area contributed by atoms with Gasteiger partial charge in [0.15, 0.2) is 0 Å². The van der Waals surface area contributed by atoms with Gasteiger partial charge in [-0.2, -0.15) is 0 Å². The van der Waals surface area contributed by atoms with Gasteiger partial charge in [-0.3, -0.25) is 9.69 Å². The summed E-state index contributed by atoms with van der Waals surface area (Å²) in [6.45, 7) is 0.563. The van der Waals surface area contributed by atoms with E-state index in [1.807, 2.05) is 66.5 Å². The second-order valence-electron chi connectivity index (χ2n) is 6.58. The first-order valence-corrected chi connectivity index (χ1v) is 9.01. The van der Waals surface area contributed by atoms with E-state index in [1.165, 1.54) is 12.1 Å². The monoisotopic (exact) mass is 378 g/mol. The van der Waals surface area contributed by atoms with Crippen LogP contribution in [0.1, 0.15) is 17.2 Å². The van der Waals surface area contributed by atoms with Crippen LogP contribution in [0.4, 0.5) is 10.1 Å². The summed E-state index contributed by atoms with van der Waals surface area (Å²) in [5.41, 5.74) is 2.48. The zero-order chi connectivity index (χ0) is 19.9. The number of amides is 1. The van der Waals surface area contributed by atoms with Gasteiger partial charge in [0, 0.05) is 12.2 Å². The molecule has 0 aliphatic heterocycles. The average Bonchev–Trinajstić information content (AvgIpc) is 2.71. The van der Waals surface area contributed by atoms with E-state index in [-0.39, 0.29) is 11.7 Å². The number of rotatable bonds is 7. The van der Waals surface area contributed by atoms with E-state index in [0.717, 1.165) is 16.9 Å². The minimum Gasteiger partial charge on any atom is -0.497 e. The van der Waals surface area contributed by atoms with Crippen molar-refractivity contribution < 1.29 is 13.9 Å². The highest BCUT2D eigenvalue weighted by Gasteiger charge is 2.25. The van der Waals surface area contributed by atoms with Gasteiger partial charge < -0.3 is 10.1 Å². The Hall–Kier alpha value is -3.18. The molecule has 0 heterocycles. The molecule has 0 aliphatic carbocycles. The molecule has 1 N–H and O–H groups in total. The van der Waals surface area contributed by atoms with Crippen molar-refractivity contribution in [3.05, 3.63) is 95.8 Å². The van der Waals surface area contributed by atoms with Crippen LogP contribution >= 0.6 is 0 Å². The zero-order valence-electron chi connectivity index (χ0n) is 15.9. The highest BCUT2D eigenvalue weighted by atomic mass is 19.1. The molecule has 0 aliphatic rings. The summed E-state index contributed by atoms with van der Waals surface area (Å²) in [5.74, 6) is 0.258. The van der Waals surface area contributed by atoms with Crippen LogP contribution in [0.2, 0.25) is 0 Å². The van der Waals surface area contributed by atoms with Crippen LogP contribution in [-0.4, -0.2) is 25.0 Å². The van der Waals surface area contributed by atoms with Gasteiger partial charge in [0.05, 0.1) is 7.11 Å². The first-order valence-electron chi connectivity index (χ1n) is 9.01. The number of hydrogen-bond acceptors (Lipinski definition) is 3. The van der Waals surface area contributed by atoms with E-state index in [2.05, 4.69) is 5.32 Å². The van der Waals surface area contributed by atoms with Crippen molar-refractivity contribution in [3.63, 3.8) is 0 Å². The van der Waals surface area contributed by atoms with Gasteiger partial charge in [-0.1, -0.05) is 42.5 Å². The second-order valence-corrected chi connectivity index (χ2v) is 6.58. The third-order valence-electron chi connectivity index (χ3n) is 4.48. The second kappa shape index (κ2) is 9.15. The first-order chi connectivity index (χ1) is 13.6. The molecule has 1 amide bonds. The van der Waals surface area contributed by atoms with Crippen LogP contribution in [0.5, 0.6) is 5.75 Å². The molecule has 0 spiro atoms. The lowest BCUT2D eigenvalue weighted by Gasteiger charge is -2.28. The van der Waals surface area contributed by atoms with Crippen molar-refractivity contribution in [2.75, 3.05) is 19.5 Å². The SMILES string of the molecule is COc1cccc(CN(C)[C@@H](C(=O)Nc2ccc(F)cc2)c2ccccc2)c1. The Balaban J connectivity index is 1.83. The molecule has 144 valence electrons. The molecule has 0 saturated carbocycles. The lowest BCUT2D eigenvalue weighted by Crippen LogP contribution is -2.34. The molecular weight excluding hydrogens is 355 g/mol. The van der Waals surface area contributed by atoms with E-state index in [9.17, 15) is 9.18 Å². The fraction of sp³-hybridized carbons (Fsp3) is 0.174. The number of halogens is 1. The lowest BCUT2D eigenvalue weighted by atomic mass is 10.0. The molecule has 4 nitrogen and oxygen atoms in total. The number of anilines is 1. The topological polar surface area (TPSA) is 41.6 Å². The fourth-order valence-corrected chi connectivity index (χ4v) is 3.14. The Morgan fingerprint density at radius 2 is 1.75 bits per heavy atom. The Morgan fingerprint density at radius 1 is 1.04 bits per heavy atom. The Labute approximate surface area is 164 Å². The predicted molar refractivity (Wildman–Crippen MR) is 109 cm³/mol. The highest BCUT2D eigenvalue weighted by Crippen LogP contribution is 2.24. The molecule has 3 aromatic rings. The van der Waals surface area contributed by atoms with Crippen LogP contribution in [0.15, 0.2) is 78.9 Å². The number of likely N-dealkylation sites (N-methyl/N-ethyl adjacent to an activating group) is 1. The van der Waals surface area contributed by atoms with Crippen molar-refractivity contribution in [2.24, 2.45) is 0 Å². The molecule has 0 bridgehead atoms. The van der Waals surface area contributed by atoms with Gasteiger partial charge in [-0.15, -0.1) is 0 Å². The third kappa shape index (κ3) is 4.96. The van der Waals surface area contributed by atoms with E-state index >= 15 is 0 Å². The number of carbonyl (C=O) groups is 1. The number of benzene rings is 3. The summed E-state index contributed by atoms with van der Waals surface area (Å²) >= 11 is 0. The summed E-state index contributed by atoms with van der Waals surface area (Å²) < 4.78 is 18.4. The standard InChI is InChI=1S/C23H23FN2O2/c1-26(16-17-7-6-10-21(15-17)28-2)22(18-8-4-3-5-9-18)23(27)25-20-13-11-19(24)12-14-20/h3-15,22H,16H2,1-2H3,(H,25,27)/t22-/m1/s1. The maximum Gasteiger partial charge on any atom is 0.246 e. The molecule has 3 aromatic carbocycles.